The van der Waals surface area contributed by atoms with E-state index in [1.807, 2.05) is 6.92 Å². The van der Waals surface area contributed by atoms with Crippen molar-refractivity contribution in [1.29, 1.82) is 0 Å². The molecule has 0 saturated carbocycles. The van der Waals surface area contributed by atoms with Crippen LogP contribution in [0.1, 0.15) is 23.7 Å². The molecule has 5 nitrogen and oxygen atoms in total. The Morgan fingerprint density at radius 1 is 1.45 bits per heavy atom. The number of benzene rings is 1. The molecule has 1 fully saturated rings. The van der Waals surface area contributed by atoms with Crippen molar-refractivity contribution in [3.8, 4) is 5.75 Å². The van der Waals surface area contributed by atoms with E-state index < -0.39 is 5.60 Å². The minimum absolute atomic E-state index is 0.0895. The fraction of sp³-hybridized carbons (Fsp3) is 0.533. The summed E-state index contributed by atoms with van der Waals surface area (Å²) < 4.78 is 5.35. The summed E-state index contributed by atoms with van der Waals surface area (Å²) in [5.74, 6) is 0.665. The lowest BCUT2D eigenvalue weighted by molar-refractivity contribution is 0.0252. The summed E-state index contributed by atoms with van der Waals surface area (Å²) >= 11 is 0. The van der Waals surface area contributed by atoms with Gasteiger partial charge in [-0.2, -0.15) is 0 Å². The van der Waals surface area contributed by atoms with E-state index in [2.05, 4.69) is 5.32 Å². The third-order valence-electron chi connectivity index (χ3n) is 3.51. The van der Waals surface area contributed by atoms with Crippen LogP contribution in [0, 0.1) is 0 Å². The number of hydrogen-bond donors (Lipinski definition) is 2. The maximum Gasteiger partial charge on any atom is 0.253 e. The zero-order chi connectivity index (χ0) is 14.6. The molecule has 1 amide bonds. The molecule has 1 unspecified atom stereocenters. The van der Waals surface area contributed by atoms with Gasteiger partial charge in [0.05, 0.1) is 18.8 Å². The maximum absolute atomic E-state index is 12.3. The predicted octanol–water partition coefficient (Wildman–Crippen LogP) is 0.882. The Labute approximate surface area is 119 Å². The number of ether oxygens (including phenoxy) is 1. The van der Waals surface area contributed by atoms with Gasteiger partial charge in [0.15, 0.2) is 0 Å². The number of hydrogen-bond acceptors (Lipinski definition) is 4. The predicted molar refractivity (Wildman–Crippen MR) is 77.0 cm³/mol. The molecule has 0 aliphatic carbocycles. The Hall–Kier alpha value is -1.59. The van der Waals surface area contributed by atoms with Crippen LogP contribution in [0.2, 0.25) is 0 Å². The summed E-state index contributed by atoms with van der Waals surface area (Å²) in [6.07, 6.45) is 0.675. The van der Waals surface area contributed by atoms with Gasteiger partial charge in [-0.1, -0.05) is 0 Å². The average molecular weight is 278 g/mol. The first-order chi connectivity index (χ1) is 9.54. The number of β-amino-alcohol motifs (C(OH)–C–C–N with tert-alkyl or cyclic N) is 1. The van der Waals surface area contributed by atoms with Gasteiger partial charge in [-0.15, -0.1) is 0 Å². The Morgan fingerprint density at radius 2 is 2.15 bits per heavy atom. The molecule has 1 aromatic rings. The van der Waals surface area contributed by atoms with Crippen molar-refractivity contribution in [2.24, 2.45) is 0 Å². The molecule has 1 aliphatic heterocycles. The molecule has 1 aliphatic rings. The smallest absolute Gasteiger partial charge is 0.253 e. The average Bonchev–Trinajstić information content (AvgIpc) is 2.85. The highest BCUT2D eigenvalue weighted by Gasteiger charge is 2.33. The summed E-state index contributed by atoms with van der Waals surface area (Å²) in [7, 11) is 1.72. The quantitative estimate of drug-likeness (QED) is 0.839. The second kappa shape index (κ2) is 6.24. The van der Waals surface area contributed by atoms with Gasteiger partial charge in [-0.3, -0.25) is 4.79 Å². The monoisotopic (exact) mass is 278 g/mol. The van der Waals surface area contributed by atoms with Crippen molar-refractivity contribution < 1.29 is 14.6 Å². The number of likely N-dealkylation sites (N-methyl/N-ethyl adjacent to an activating group) is 1. The largest absolute Gasteiger partial charge is 0.494 e. The summed E-state index contributed by atoms with van der Waals surface area (Å²) in [5, 5.41) is 13.4. The van der Waals surface area contributed by atoms with Crippen LogP contribution in [-0.4, -0.2) is 54.8 Å². The summed E-state index contributed by atoms with van der Waals surface area (Å²) in [6, 6.07) is 7.08. The minimum Gasteiger partial charge on any atom is -0.494 e. The molecule has 1 heterocycles. The Balaban J connectivity index is 1.99. The number of nitrogens with one attached hydrogen (secondary N) is 1. The topological polar surface area (TPSA) is 61.8 Å². The van der Waals surface area contributed by atoms with E-state index in [0.29, 0.717) is 31.7 Å². The fourth-order valence-corrected chi connectivity index (χ4v) is 2.46. The van der Waals surface area contributed by atoms with Crippen LogP contribution in [0.5, 0.6) is 5.75 Å². The second-order valence-corrected chi connectivity index (χ2v) is 5.27. The molecule has 110 valence electrons. The van der Waals surface area contributed by atoms with Crippen molar-refractivity contribution >= 4 is 5.91 Å². The van der Waals surface area contributed by atoms with E-state index in [0.717, 1.165) is 12.3 Å². The molecule has 20 heavy (non-hydrogen) atoms. The first-order valence-corrected chi connectivity index (χ1v) is 6.95. The van der Waals surface area contributed by atoms with Crippen molar-refractivity contribution in [2.45, 2.75) is 18.9 Å². The maximum atomic E-state index is 12.3. The van der Waals surface area contributed by atoms with Crippen LogP contribution in [-0.2, 0) is 0 Å². The lowest BCUT2D eigenvalue weighted by Crippen LogP contribution is -2.45. The highest BCUT2D eigenvalue weighted by atomic mass is 16.5. The lowest BCUT2D eigenvalue weighted by Gasteiger charge is -2.28. The zero-order valence-corrected chi connectivity index (χ0v) is 12.1. The van der Waals surface area contributed by atoms with E-state index in [1.165, 1.54) is 0 Å². The van der Waals surface area contributed by atoms with Crippen molar-refractivity contribution in [2.75, 3.05) is 33.3 Å². The molecular formula is C15H22N2O3. The number of rotatable bonds is 5. The summed E-state index contributed by atoms with van der Waals surface area (Å²) in [4.78, 5) is 13.9. The normalized spacial score (nSPS) is 21.8. The zero-order valence-electron chi connectivity index (χ0n) is 12.1. The molecule has 1 atom stereocenters. The lowest BCUT2D eigenvalue weighted by atomic mass is 10.0. The van der Waals surface area contributed by atoms with Crippen molar-refractivity contribution in [3.05, 3.63) is 29.8 Å². The molecule has 1 saturated heterocycles. The first-order valence-electron chi connectivity index (χ1n) is 6.95. The second-order valence-electron chi connectivity index (χ2n) is 5.27. The van der Waals surface area contributed by atoms with Gasteiger partial charge < -0.3 is 20.1 Å². The molecule has 1 aromatic carbocycles. The number of carbonyl (C=O) groups excluding carboxylic acids is 1. The number of nitrogens with zero attached hydrogens (tertiary/aromatic N) is 1. The number of amides is 1. The highest BCUT2D eigenvalue weighted by molar-refractivity contribution is 5.94. The molecule has 2 rings (SSSR count). The van der Waals surface area contributed by atoms with Crippen LogP contribution < -0.4 is 10.1 Å². The van der Waals surface area contributed by atoms with Crippen LogP contribution in [0.25, 0.3) is 0 Å². The van der Waals surface area contributed by atoms with Gasteiger partial charge in [0.25, 0.3) is 5.91 Å². The molecule has 0 spiro atoms. The van der Waals surface area contributed by atoms with E-state index in [1.54, 1.807) is 36.2 Å². The molecule has 0 bridgehead atoms. The Morgan fingerprint density at radius 3 is 2.70 bits per heavy atom. The van der Waals surface area contributed by atoms with Gasteiger partial charge in [-0.05, 0) is 44.2 Å². The Kier molecular flexibility index (Phi) is 4.62. The van der Waals surface area contributed by atoms with Gasteiger partial charge in [0.2, 0.25) is 0 Å². The Bertz CT molecular complexity index is 453. The van der Waals surface area contributed by atoms with E-state index in [9.17, 15) is 9.90 Å². The number of carbonyl (C=O) groups is 1. The van der Waals surface area contributed by atoms with Crippen molar-refractivity contribution in [1.82, 2.24) is 10.2 Å². The van der Waals surface area contributed by atoms with E-state index in [-0.39, 0.29) is 5.91 Å². The van der Waals surface area contributed by atoms with Gasteiger partial charge in [0.1, 0.15) is 5.75 Å². The first kappa shape index (κ1) is 14.8. The van der Waals surface area contributed by atoms with E-state index >= 15 is 0 Å². The van der Waals surface area contributed by atoms with E-state index in [4.69, 9.17) is 4.74 Å². The molecule has 0 radical (unpaired) electrons. The van der Waals surface area contributed by atoms with Gasteiger partial charge in [0, 0.05) is 19.2 Å². The minimum atomic E-state index is -0.810. The van der Waals surface area contributed by atoms with Crippen LogP contribution >= 0.6 is 0 Å². The standard InChI is InChI=1S/C15H22N2O3/c1-3-20-13-6-4-12(5-7-13)14(18)17(2)11-15(19)8-9-16-10-15/h4-7,16,19H,3,8-11H2,1-2H3. The van der Waals surface area contributed by atoms with Crippen LogP contribution in [0.15, 0.2) is 24.3 Å². The summed E-state index contributed by atoms with van der Waals surface area (Å²) in [6.45, 7) is 4.19. The van der Waals surface area contributed by atoms with Crippen molar-refractivity contribution in [3.63, 3.8) is 0 Å². The van der Waals surface area contributed by atoms with Crippen LogP contribution in [0.3, 0.4) is 0 Å². The van der Waals surface area contributed by atoms with Gasteiger partial charge >= 0.3 is 0 Å². The third-order valence-corrected chi connectivity index (χ3v) is 3.51. The van der Waals surface area contributed by atoms with Crippen LogP contribution in [0.4, 0.5) is 0 Å². The third kappa shape index (κ3) is 3.49. The molecular weight excluding hydrogens is 256 g/mol. The molecule has 2 N–H and O–H groups in total. The highest BCUT2D eigenvalue weighted by Crippen LogP contribution is 2.18. The van der Waals surface area contributed by atoms with Gasteiger partial charge in [-0.25, -0.2) is 0 Å². The summed E-state index contributed by atoms with van der Waals surface area (Å²) in [5.41, 5.74) is -0.208. The SMILES string of the molecule is CCOc1ccc(C(=O)N(C)CC2(O)CCNC2)cc1. The fourth-order valence-electron chi connectivity index (χ4n) is 2.46. The number of aliphatic hydroxyl groups is 1. The molecule has 0 aromatic heterocycles. The molecule has 5 heteroatoms.